The van der Waals surface area contributed by atoms with E-state index in [0.29, 0.717) is 5.95 Å². The number of rotatable bonds is 2. The molecule has 4 nitrogen and oxygen atoms in total. The SMILES string of the molecule is Cc1ccc(C2CC(c3ccc(C)c(C)c3)=Nc3ncnn32)cc1. The number of aliphatic imine (C=N–C) groups is 1. The second-order valence-electron chi connectivity index (χ2n) is 6.49. The van der Waals surface area contributed by atoms with Crippen molar-refractivity contribution in [1.29, 1.82) is 0 Å². The Balaban J connectivity index is 1.78. The molecule has 0 saturated carbocycles. The lowest BCUT2D eigenvalue weighted by atomic mass is 9.94. The van der Waals surface area contributed by atoms with Gasteiger partial charge in [0.05, 0.1) is 11.8 Å². The Hall–Kier alpha value is -2.75. The van der Waals surface area contributed by atoms with Gasteiger partial charge in [0.25, 0.3) is 0 Å². The molecule has 1 aromatic heterocycles. The molecule has 0 aliphatic carbocycles. The molecule has 0 bridgehead atoms. The molecule has 1 aliphatic heterocycles. The highest BCUT2D eigenvalue weighted by atomic mass is 15.4. The first-order valence-corrected chi connectivity index (χ1v) is 8.23. The number of hydrogen-bond acceptors (Lipinski definition) is 3. The van der Waals surface area contributed by atoms with E-state index in [1.165, 1.54) is 27.8 Å². The lowest BCUT2D eigenvalue weighted by molar-refractivity contribution is 0.531. The second-order valence-corrected chi connectivity index (χ2v) is 6.49. The van der Waals surface area contributed by atoms with E-state index < -0.39 is 0 Å². The normalized spacial score (nSPS) is 16.6. The first kappa shape index (κ1) is 14.8. The summed E-state index contributed by atoms with van der Waals surface area (Å²) in [7, 11) is 0. The van der Waals surface area contributed by atoms with Gasteiger partial charge in [0.1, 0.15) is 6.33 Å². The maximum absolute atomic E-state index is 4.75. The highest BCUT2D eigenvalue weighted by molar-refractivity contribution is 6.03. The van der Waals surface area contributed by atoms with Crippen molar-refractivity contribution in [3.63, 3.8) is 0 Å². The van der Waals surface area contributed by atoms with Crippen molar-refractivity contribution < 1.29 is 0 Å². The summed E-state index contributed by atoms with van der Waals surface area (Å²) in [6.45, 7) is 6.38. The Labute approximate surface area is 141 Å². The summed E-state index contributed by atoms with van der Waals surface area (Å²) in [5.74, 6) is 0.681. The molecule has 1 aliphatic rings. The van der Waals surface area contributed by atoms with Crippen LogP contribution in [0.2, 0.25) is 0 Å². The Kier molecular flexibility index (Phi) is 3.53. The van der Waals surface area contributed by atoms with Crippen LogP contribution in [-0.2, 0) is 0 Å². The molecular weight excluding hydrogens is 296 g/mol. The summed E-state index contributed by atoms with van der Waals surface area (Å²) in [6, 6.07) is 15.3. The molecule has 4 rings (SSSR count). The number of fused-ring (bicyclic) bond motifs is 1. The maximum atomic E-state index is 4.75. The molecule has 0 spiro atoms. The third-order valence-electron chi connectivity index (χ3n) is 4.77. The molecule has 4 heteroatoms. The summed E-state index contributed by atoms with van der Waals surface area (Å²) in [5.41, 5.74) is 7.33. The summed E-state index contributed by atoms with van der Waals surface area (Å²) >= 11 is 0. The molecule has 2 aromatic carbocycles. The lowest BCUT2D eigenvalue weighted by Gasteiger charge is -2.24. The third-order valence-corrected chi connectivity index (χ3v) is 4.77. The fraction of sp³-hybridized carbons (Fsp3) is 0.250. The predicted molar refractivity (Wildman–Crippen MR) is 96.1 cm³/mol. The maximum Gasteiger partial charge on any atom is 0.248 e. The highest BCUT2D eigenvalue weighted by Crippen LogP contribution is 2.32. The molecular formula is C20H20N4. The molecule has 0 fully saturated rings. The molecule has 24 heavy (non-hydrogen) atoms. The van der Waals surface area contributed by atoms with Crippen LogP contribution in [0.25, 0.3) is 0 Å². The first-order valence-electron chi connectivity index (χ1n) is 8.23. The van der Waals surface area contributed by atoms with Crippen LogP contribution in [0.3, 0.4) is 0 Å². The fourth-order valence-electron chi connectivity index (χ4n) is 3.13. The van der Waals surface area contributed by atoms with E-state index >= 15 is 0 Å². The zero-order chi connectivity index (χ0) is 16.7. The number of benzene rings is 2. The summed E-state index contributed by atoms with van der Waals surface area (Å²) in [5, 5.41) is 4.40. The van der Waals surface area contributed by atoms with E-state index in [1.54, 1.807) is 6.33 Å². The van der Waals surface area contributed by atoms with Gasteiger partial charge in [0.15, 0.2) is 0 Å². The van der Waals surface area contributed by atoms with Crippen molar-refractivity contribution in [3.05, 3.63) is 76.6 Å². The average Bonchev–Trinajstić information content (AvgIpc) is 3.06. The van der Waals surface area contributed by atoms with Crippen molar-refractivity contribution >= 4 is 11.7 Å². The Morgan fingerprint density at radius 1 is 0.958 bits per heavy atom. The lowest BCUT2D eigenvalue weighted by Crippen LogP contribution is -2.21. The van der Waals surface area contributed by atoms with E-state index in [4.69, 9.17) is 4.99 Å². The quantitative estimate of drug-likeness (QED) is 0.707. The number of nitrogens with zero attached hydrogens (tertiary/aromatic N) is 4. The number of aryl methyl sites for hydroxylation is 3. The fourth-order valence-corrected chi connectivity index (χ4v) is 3.13. The van der Waals surface area contributed by atoms with E-state index in [1.807, 2.05) is 4.68 Å². The second kappa shape index (κ2) is 5.71. The minimum Gasteiger partial charge on any atom is -0.222 e. The Morgan fingerprint density at radius 2 is 1.75 bits per heavy atom. The van der Waals surface area contributed by atoms with Crippen LogP contribution in [0.5, 0.6) is 0 Å². The summed E-state index contributed by atoms with van der Waals surface area (Å²) in [6.07, 6.45) is 2.41. The molecule has 0 N–H and O–H groups in total. The molecule has 120 valence electrons. The molecule has 1 atom stereocenters. The zero-order valence-corrected chi connectivity index (χ0v) is 14.2. The van der Waals surface area contributed by atoms with Crippen LogP contribution in [0.15, 0.2) is 53.8 Å². The molecule has 0 saturated heterocycles. The van der Waals surface area contributed by atoms with Crippen LogP contribution in [-0.4, -0.2) is 20.5 Å². The summed E-state index contributed by atoms with van der Waals surface area (Å²) in [4.78, 5) is 9.08. The van der Waals surface area contributed by atoms with Crippen LogP contribution in [0.4, 0.5) is 5.95 Å². The Bertz CT molecular complexity index is 919. The van der Waals surface area contributed by atoms with Crippen LogP contribution in [0.1, 0.15) is 40.3 Å². The van der Waals surface area contributed by atoms with Gasteiger partial charge >= 0.3 is 0 Å². The van der Waals surface area contributed by atoms with Crippen molar-refractivity contribution in [3.8, 4) is 0 Å². The van der Waals surface area contributed by atoms with Gasteiger partial charge in [0, 0.05) is 6.42 Å². The van der Waals surface area contributed by atoms with Crippen LogP contribution < -0.4 is 0 Å². The van der Waals surface area contributed by atoms with Crippen LogP contribution in [0, 0.1) is 20.8 Å². The van der Waals surface area contributed by atoms with E-state index in [2.05, 4.69) is 73.3 Å². The number of aromatic nitrogens is 3. The zero-order valence-electron chi connectivity index (χ0n) is 14.2. The minimum atomic E-state index is 0.136. The standard InChI is InChI=1S/C20H20N4/c1-13-4-7-16(8-5-13)19-11-18(23-20-21-12-22-24(19)20)17-9-6-14(2)15(3)10-17/h4-10,12,19H,11H2,1-3H3. The monoisotopic (exact) mass is 316 g/mol. The van der Waals surface area contributed by atoms with Gasteiger partial charge in [-0.3, -0.25) is 0 Å². The van der Waals surface area contributed by atoms with Gasteiger partial charge in [-0.05, 0) is 49.1 Å². The van der Waals surface area contributed by atoms with Gasteiger partial charge in [-0.1, -0.05) is 42.0 Å². The molecule has 0 amide bonds. The third kappa shape index (κ3) is 2.54. The average molecular weight is 316 g/mol. The highest BCUT2D eigenvalue weighted by Gasteiger charge is 2.26. The predicted octanol–water partition coefficient (Wildman–Crippen LogP) is 4.32. The van der Waals surface area contributed by atoms with Crippen molar-refractivity contribution in [2.75, 3.05) is 0 Å². The molecule has 3 aromatic rings. The van der Waals surface area contributed by atoms with Crippen molar-refractivity contribution in [1.82, 2.24) is 14.8 Å². The van der Waals surface area contributed by atoms with Gasteiger partial charge < -0.3 is 0 Å². The van der Waals surface area contributed by atoms with Gasteiger partial charge in [-0.2, -0.15) is 10.1 Å². The van der Waals surface area contributed by atoms with Gasteiger partial charge in [-0.15, -0.1) is 0 Å². The van der Waals surface area contributed by atoms with Crippen molar-refractivity contribution in [2.24, 2.45) is 4.99 Å². The van der Waals surface area contributed by atoms with Crippen molar-refractivity contribution in [2.45, 2.75) is 33.2 Å². The topological polar surface area (TPSA) is 43.1 Å². The van der Waals surface area contributed by atoms with E-state index in [9.17, 15) is 0 Å². The molecule has 2 heterocycles. The molecule has 0 radical (unpaired) electrons. The van der Waals surface area contributed by atoms with Gasteiger partial charge in [-0.25, -0.2) is 9.67 Å². The minimum absolute atomic E-state index is 0.136. The van der Waals surface area contributed by atoms with E-state index in [-0.39, 0.29) is 6.04 Å². The largest absolute Gasteiger partial charge is 0.248 e. The first-order chi connectivity index (χ1) is 11.6. The molecule has 1 unspecified atom stereocenters. The van der Waals surface area contributed by atoms with Gasteiger partial charge in [0.2, 0.25) is 5.95 Å². The van der Waals surface area contributed by atoms with Crippen LogP contribution >= 0.6 is 0 Å². The number of hydrogen-bond donors (Lipinski definition) is 0. The smallest absolute Gasteiger partial charge is 0.222 e. The Morgan fingerprint density at radius 3 is 2.50 bits per heavy atom. The summed E-state index contributed by atoms with van der Waals surface area (Å²) < 4.78 is 1.93. The van der Waals surface area contributed by atoms with E-state index in [0.717, 1.165) is 12.1 Å².